The van der Waals surface area contributed by atoms with Crippen molar-refractivity contribution in [3.05, 3.63) is 28.8 Å². The number of piperidine rings is 1. The van der Waals surface area contributed by atoms with Crippen LogP contribution >= 0.6 is 11.6 Å². The standard InChI is InChI=1S/C13H18ClN3O/c1-17-7-5-9(6-8-17)16-13(18)10-3-2-4-11(15)12(10)14/h2-4,9H,5-8,15H2,1H3,(H,16,18). The number of nitrogen functional groups attached to an aromatic ring is 1. The minimum atomic E-state index is -0.137. The Labute approximate surface area is 112 Å². The highest BCUT2D eigenvalue weighted by atomic mass is 35.5. The molecule has 5 heteroatoms. The number of hydrogen-bond acceptors (Lipinski definition) is 3. The maximum atomic E-state index is 12.1. The Morgan fingerprint density at radius 1 is 1.44 bits per heavy atom. The van der Waals surface area contributed by atoms with Crippen LogP contribution in [-0.4, -0.2) is 37.0 Å². The molecule has 0 saturated carbocycles. The zero-order valence-electron chi connectivity index (χ0n) is 10.4. The number of nitrogens with two attached hydrogens (primary N) is 1. The zero-order chi connectivity index (χ0) is 13.1. The number of carbonyl (C=O) groups excluding carboxylic acids is 1. The van der Waals surface area contributed by atoms with Crippen molar-refractivity contribution in [1.29, 1.82) is 0 Å². The number of likely N-dealkylation sites (tertiary alicyclic amines) is 1. The predicted octanol–water partition coefficient (Wildman–Crippen LogP) is 1.75. The summed E-state index contributed by atoms with van der Waals surface area (Å²) in [4.78, 5) is 14.4. The Morgan fingerprint density at radius 2 is 2.11 bits per heavy atom. The fourth-order valence-electron chi connectivity index (χ4n) is 2.14. The van der Waals surface area contributed by atoms with Crippen LogP contribution in [0.2, 0.25) is 5.02 Å². The molecular formula is C13H18ClN3O. The van der Waals surface area contributed by atoms with E-state index in [1.54, 1.807) is 18.2 Å². The topological polar surface area (TPSA) is 58.4 Å². The van der Waals surface area contributed by atoms with Crippen molar-refractivity contribution in [3.8, 4) is 0 Å². The average Bonchev–Trinajstić information content (AvgIpc) is 2.35. The van der Waals surface area contributed by atoms with Crippen molar-refractivity contribution in [2.75, 3.05) is 25.9 Å². The van der Waals surface area contributed by atoms with Crippen molar-refractivity contribution in [1.82, 2.24) is 10.2 Å². The highest BCUT2D eigenvalue weighted by Gasteiger charge is 2.20. The maximum absolute atomic E-state index is 12.1. The second-order valence-electron chi connectivity index (χ2n) is 4.76. The number of benzene rings is 1. The average molecular weight is 268 g/mol. The minimum Gasteiger partial charge on any atom is -0.398 e. The molecule has 1 aromatic rings. The molecule has 18 heavy (non-hydrogen) atoms. The van der Waals surface area contributed by atoms with Gasteiger partial charge in [0.1, 0.15) is 0 Å². The van der Waals surface area contributed by atoms with Gasteiger partial charge in [0.05, 0.1) is 16.3 Å². The number of anilines is 1. The number of nitrogens with one attached hydrogen (secondary N) is 1. The third kappa shape index (κ3) is 2.94. The molecule has 1 aliphatic heterocycles. The van der Waals surface area contributed by atoms with Gasteiger partial charge in [-0.15, -0.1) is 0 Å². The van der Waals surface area contributed by atoms with E-state index in [0.29, 0.717) is 16.3 Å². The number of nitrogens with zero attached hydrogens (tertiary/aromatic N) is 1. The van der Waals surface area contributed by atoms with Gasteiger partial charge in [0, 0.05) is 6.04 Å². The first-order valence-electron chi connectivity index (χ1n) is 6.11. The van der Waals surface area contributed by atoms with Gasteiger partial charge in [-0.2, -0.15) is 0 Å². The molecule has 0 spiro atoms. The lowest BCUT2D eigenvalue weighted by Gasteiger charge is -2.29. The molecule has 0 bridgehead atoms. The Balaban J connectivity index is 2.01. The van der Waals surface area contributed by atoms with E-state index < -0.39 is 0 Å². The number of rotatable bonds is 2. The van der Waals surface area contributed by atoms with E-state index in [4.69, 9.17) is 17.3 Å². The molecule has 0 unspecified atom stereocenters. The molecule has 2 rings (SSSR count). The summed E-state index contributed by atoms with van der Waals surface area (Å²) in [5.41, 5.74) is 6.58. The van der Waals surface area contributed by atoms with Crippen LogP contribution in [0.4, 0.5) is 5.69 Å². The van der Waals surface area contributed by atoms with Gasteiger partial charge in [-0.1, -0.05) is 17.7 Å². The first kappa shape index (κ1) is 13.2. The molecule has 0 atom stereocenters. The third-order valence-corrected chi connectivity index (χ3v) is 3.75. The zero-order valence-corrected chi connectivity index (χ0v) is 11.2. The number of amides is 1. The summed E-state index contributed by atoms with van der Waals surface area (Å²) in [5.74, 6) is -0.137. The summed E-state index contributed by atoms with van der Waals surface area (Å²) in [6, 6.07) is 5.36. The van der Waals surface area contributed by atoms with Crippen molar-refractivity contribution in [2.24, 2.45) is 0 Å². The lowest BCUT2D eigenvalue weighted by Crippen LogP contribution is -2.43. The highest BCUT2D eigenvalue weighted by Crippen LogP contribution is 2.23. The normalized spacial score (nSPS) is 17.7. The van der Waals surface area contributed by atoms with Gasteiger partial charge in [0.25, 0.3) is 5.91 Å². The summed E-state index contributed by atoms with van der Waals surface area (Å²) in [7, 11) is 2.09. The van der Waals surface area contributed by atoms with Gasteiger partial charge < -0.3 is 16.0 Å². The lowest BCUT2D eigenvalue weighted by atomic mass is 10.0. The van der Waals surface area contributed by atoms with Gasteiger partial charge in [-0.3, -0.25) is 4.79 Å². The molecule has 0 aromatic heterocycles. The minimum absolute atomic E-state index is 0.137. The van der Waals surface area contributed by atoms with Crippen molar-refractivity contribution >= 4 is 23.2 Å². The van der Waals surface area contributed by atoms with E-state index in [0.717, 1.165) is 25.9 Å². The van der Waals surface area contributed by atoms with E-state index in [-0.39, 0.29) is 11.9 Å². The van der Waals surface area contributed by atoms with Crippen LogP contribution in [0.15, 0.2) is 18.2 Å². The van der Waals surface area contributed by atoms with Crippen LogP contribution in [-0.2, 0) is 0 Å². The lowest BCUT2D eigenvalue weighted by molar-refractivity contribution is 0.0917. The molecule has 1 aromatic carbocycles. The smallest absolute Gasteiger partial charge is 0.253 e. The molecule has 4 nitrogen and oxygen atoms in total. The van der Waals surface area contributed by atoms with Gasteiger partial charge >= 0.3 is 0 Å². The molecule has 1 heterocycles. The summed E-state index contributed by atoms with van der Waals surface area (Å²) in [6.07, 6.45) is 1.95. The van der Waals surface area contributed by atoms with Crippen LogP contribution in [0.1, 0.15) is 23.2 Å². The number of hydrogen-bond donors (Lipinski definition) is 2. The summed E-state index contributed by atoms with van der Waals surface area (Å²) in [6.45, 7) is 2.02. The van der Waals surface area contributed by atoms with Crippen LogP contribution in [0.25, 0.3) is 0 Å². The molecule has 0 aliphatic carbocycles. The second-order valence-corrected chi connectivity index (χ2v) is 5.14. The van der Waals surface area contributed by atoms with Crippen LogP contribution in [0, 0.1) is 0 Å². The van der Waals surface area contributed by atoms with Gasteiger partial charge in [0.2, 0.25) is 0 Å². The fraction of sp³-hybridized carbons (Fsp3) is 0.462. The predicted molar refractivity (Wildman–Crippen MR) is 73.8 cm³/mol. The monoisotopic (exact) mass is 267 g/mol. The first-order chi connectivity index (χ1) is 8.58. The Bertz CT molecular complexity index is 442. The van der Waals surface area contributed by atoms with E-state index in [1.807, 2.05) is 0 Å². The van der Waals surface area contributed by atoms with Crippen LogP contribution in [0.5, 0.6) is 0 Å². The highest BCUT2D eigenvalue weighted by molar-refractivity contribution is 6.36. The number of halogens is 1. The molecule has 0 radical (unpaired) electrons. The van der Waals surface area contributed by atoms with E-state index >= 15 is 0 Å². The summed E-state index contributed by atoms with van der Waals surface area (Å²) < 4.78 is 0. The quantitative estimate of drug-likeness (QED) is 0.803. The van der Waals surface area contributed by atoms with Gasteiger partial charge in [-0.05, 0) is 45.1 Å². The van der Waals surface area contributed by atoms with Gasteiger partial charge in [0.15, 0.2) is 0 Å². The molecule has 1 fully saturated rings. The van der Waals surface area contributed by atoms with Gasteiger partial charge in [-0.25, -0.2) is 0 Å². The van der Waals surface area contributed by atoms with E-state index in [9.17, 15) is 4.79 Å². The molecule has 1 amide bonds. The molecule has 1 aliphatic rings. The van der Waals surface area contributed by atoms with Crippen LogP contribution in [0.3, 0.4) is 0 Å². The van der Waals surface area contributed by atoms with Crippen LogP contribution < -0.4 is 11.1 Å². The third-order valence-electron chi connectivity index (χ3n) is 3.33. The Kier molecular flexibility index (Phi) is 4.09. The first-order valence-corrected chi connectivity index (χ1v) is 6.49. The molecule has 3 N–H and O–H groups in total. The molecule has 1 saturated heterocycles. The summed E-state index contributed by atoms with van der Waals surface area (Å²) in [5, 5.41) is 3.35. The molecular weight excluding hydrogens is 250 g/mol. The SMILES string of the molecule is CN1CCC(NC(=O)c2cccc(N)c2Cl)CC1. The largest absolute Gasteiger partial charge is 0.398 e. The number of carbonyl (C=O) groups is 1. The Morgan fingerprint density at radius 3 is 2.78 bits per heavy atom. The van der Waals surface area contributed by atoms with Crippen molar-refractivity contribution < 1.29 is 4.79 Å². The van der Waals surface area contributed by atoms with Crippen molar-refractivity contribution in [3.63, 3.8) is 0 Å². The molecule has 98 valence electrons. The van der Waals surface area contributed by atoms with E-state index in [1.165, 1.54) is 0 Å². The Hall–Kier alpha value is -1.26. The maximum Gasteiger partial charge on any atom is 0.253 e. The fourth-order valence-corrected chi connectivity index (χ4v) is 2.35. The van der Waals surface area contributed by atoms with E-state index in [2.05, 4.69) is 17.3 Å². The second kappa shape index (κ2) is 5.59. The summed E-state index contributed by atoms with van der Waals surface area (Å²) >= 11 is 6.03. The van der Waals surface area contributed by atoms with Crippen molar-refractivity contribution in [2.45, 2.75) is 18.9 Å².